The third kappa shape index (κ3) is 3.93. The van der Waals surface area contributed by atoms with Crippen molar-refractivity contribution in [2.24, 2.45) is 0 Å². The van der Waals surface area contributed by atoms with E-state index in [2.05, 4.69) is 49.5 Å². The lowest BCUT2D eigenvalue weighted by molar-refractivity contribution is 0.458. The van der Waals surface area contributed by atoms with Gasteiger partial charge < -0.3 is 4.74 Å². The van der Waals surface area contributed by atoms with Crippen molar-refractivity contribution in [3.63, 3.8) is 0 Å². The number of aromatic nitrogens is 4. The van der Waals surface area contributed by atoms with Crippen molar-refractivity contribution in [3.05, 3.63) is 69.6 Å². The standard InChI is InChI=1S/C22H16FIN4O/c1-3-4-6-15-11-17-14(2)27-28(16-8-9-21(23)26-13-16)19(17)12-20(15)29-22-18(24)7-5-10-25-22/h5,7-13H,3H2,1-2H3. The van der Waals surface area contributed by atoms with Crippen molar-refractivity contribution >= 4 is 33.5 Å². The zero-order chi connectivity index (χ0) is 20.4. The molecule has 0 N–H and O–H groups in total. The number of hydrogen-bond acceptors (Lipinski definition) is 4. The van der Waals surface area contributed by atoms with Crippen molar-refractivity contribution in [2.45, 2.75) is 20.3 Å². The third-order valence-electron chi connectivity index (χ3n) is 4.25. The maximum Gasteiger partial charge on any atom is 0.232 e. The van der Waals surface area contributed by atoms with Gasteiger partial charge in [-0.3, -0.25) is 0 Å². The highest BCUT2D eigenvalue weighted by molar-refractivity contribution is 14.1. The molecule has 0 amide bonds. The first kappa shape index (κ1) is 19.3. The first-order chi connectivity index (χ1) is 14.1. The minimum atomic E-state index is -0.534. The van der Waals surface area contributed by atoms with Gasteiger partial charge in [0.1, 0.15) is 5.75 Å². The molecule has 0 unspecified atom stereocenters. The van der Waals surface area contributed by atoms with Gasteiger partial charge in [-0.05, 0) is 59.8 Å². The lowest BCUT2D eigenvalue weighted by atomic mass is 10.1. The molecular weight excluding hydrogens is 482 g/mol. The summed E-state index contributed by atoms with van der Waals surface area (Å²) in [5.41, 5.74) is 3.08. The van der Waals surface area contributed by atoms with Crippen LogP contribution in [0.2, 0.25) is 0 Å². The van der Waals surface area contributed by atoms with E-state index < -0.39 is 5.95 Å². The fraction of sp³-hybridized carbons (Fsp3) is 0.136. The molecular formula is C22H16FIN4O. The molecule has 4 aromatic rings. The highest BCUT2D eigenvalue weighted by Gasteiger charge is 2.15. The summed E-state index contributed by atoms with van der Waals surface area (Å²) in [4.78, 5) is 8.06. The van der Waals surface area contributed by atoms with Crippen molar-refractivity contribution in [1.29, 1.82) is 0 Å². The van der Waals surface area contributed by atoms with E-state index in [1.54, 1.807) is 16.9 Å². The largest absolute Gasteiger partial charge is 0.437 e. The average Bonchev–Trinajstić information content (AvgIpc) is 3.04. The molecule has 3 heterocycles. The quantitative estimate of drug-likeness (QED) is 0.215. The van der Waals surface area contributed by atoms with Crippen LogP contribution in [0.1, 0.15) is 24.6 Å². The Hall–Kier alpha value is -2.99. The molecule has 29 heavy (non-hydrogen) atoms. The highest BCUT2D eigenvalue weighted by atomic mass is 127. The van der Waals surface area contributed by atoms with Crippen LogP contribution in [0.25, 0.3) is 16.6 Å². The number of fused-ring (bicyclic) bond motifs is 1. The molecule has 0 saturated heterocycles. The van der Waals surface area contributed by atoms with E-state index in [0.29, 0.717) is 17.3 Å². The molecule has 0 fully saturated rings. The first-order valence-electron chi connectivity index (χ1n) is 8.99. The van der Waals surface area contributed by atoms with Gasteiger partial charge in [0, 0.05) is 24.1 Å². The SMILES string of the molecule is CCC#Cc1cc2c(C)nn(-c3ccc(F)nc3)c2cc1Oc1ncccc1I. The zero-order valence-corrected chi connectivity index (χ0v) is 17.9. The molecule has 3 aromatic heterocycles. The normalized spacial score (nSPS) is 10.6. The van der Waals surface area contributed by atoms with Crippen molar-refractivity contribution in [1.82, 2.24) is 19.7 Å². The van der Waals surface area contributed by atoms with Gasteiger partial charge in [-0.25, -0.2) is 14.6 Å². The highest BCUT2D eigenvalue weighted by Crippen LogP contribution is 2.33. The number of hydrogen-bond donors (Lipinski definition) is 0. The Morgan fingerprint density at radius 2 is 2.07 bits per heavy atom. The van der Waals surface area contributed by atoms with Crippen LogP contribution in [0.15, 0.2) is 48.8 Å². The predicted octanol–water partition coefficient (Wildman–Crippen LogP) is 5.42. The van der Waals surface area contributed by atoms with E-state index in [1.807, 2.05) is 38.1 Å². The molecule has 0 aliphatic carbocycles. The summed E-state index contributed by atoms with van der Waals surface area (Å²) in [5.74, 6) is 6.84. The number of rotatable bonds is 3. The minimum absolute atomic E-state index is 0.512. The van der Waals surface area contributed by atoms with Crippen LogP contribution in [0.4, 0.5) is 4.39 Å². The van der Waals surface area contributed by atoms with E-state index in [9.17, 15) is 4.39 Å². The molecule has 0 aliphatic heterocycles. The number of ether oxygens (including phenoxy) is 1. The summed E-state index contributed by atoms with van der Waals surface area (Å²) in [7, 11) is 0. The molecule has 4 rings (SSSR count). The van der Waals surface area contributed by atoms with Crippen molar-refractivity contribution in [2.75, 3.05) is 0 Å². The van der Waals surface area contributed by atoms with Crippen LogP contribution in [0.3, 0.4) is 0 Å². The van der Waals surface area contributed by atoms with Crippen LogP contribution < -0.4 is 4.74 Å². The lowest BCUT2D eigenvalue weighted by Gasteiger charge is -2.10. The number of pyridine rings is 2. The molecule has 1 aromatic carbocycles. The monoisotopic (exact) mass is 498 g/mol. The predicted molar refractivity (Wildman–Crippen MR) is 118 cm³/mol. The average molecular weight is 498 g/mol. The lowest BCUT2D eigenvalue weighted by Crippen LogP contribution is -1.99. The van der Waals surface area contributed by atoms with Gasteiger partial charge in [-0.15, -0.1) is 0 Å². The molecule has 144 valence electrons. The summed E-state index contributed by atoms with van der Waals surface area (Å²) in [5, 5.41) is 5.55. The summed E-state index contributed by atoms with van der Waals surface area (Å²) < 4.78 is 22.0. The second kappa shape index (κ2) is 8.17. The fourth-order valence-electron chi connectivity index (χ4n) is 2.90. The van der Waals surface area contributed by atoms with Gasteiger partial charge in [-0.1, -0.05) is 18.8 Å². The Morgan fingerprint density at radius 1 is 1.21 bits per heavy atom. The second-order valence-electron chi connectivity index (χ2n) is 6.25. The molecule has 0 bridgehead atoms. The number of halogens is 2. The molecule has 0 spiro atoms. The Kier molecular flexibility index (Phi) is 5.45. The van der Waals surface area contributed by atoms with Gasteiger partial charge in [-0.2, -0.15) is 9.49 Å². The Balaban J connectivity index is 1.91. The summed E-state index contributed by atoms with van der Waals surface area (Å²) in [6.07, 6.45) is 3.87. The first-order valence-corrected chi connectivity index (χ1v) is 10.1. The van der Waals surface area contributed by atoms with Crippen molar-refractivity contribution < 1.29 is 9.13 Å². The zero-order valence-electron chi connectivity index (χ0n) is 15.8. The van der Waals surface area contributed by atoms with E-state index in [4.69, 9.17) is 4.74 Å². The molecule has 5 nitrogen and oxygen atoms in total. The topological polar surface area (TPSA) is 52.8 Å². The third-order valence-corrected chi connectivity index (χ3v) is 5.07. The number of aryl methyl sites for hydroxylation is 1. The molecule has 0 radical (unpaired) electrons. The molecule has 0 aliphatic rings. The molecule has 0 saturated carbocycles. The van der Waals surface area contributed by atoms with Crippen LogP contribution in [0.5, 0.6) is 11.6 Å². The number of nitrogens with zero attached hydrogens (tertiary/aromatic N) is 4. The van der Waals surface area contributed by atoms with E-state index in [0.717, 1.165) is 32.2 Å². The smallest absolute Gasteiger partial charge is 0.232 e. The molecule has 7 heteroatoms. The van der Waals surface area contributed by atoms with Crippen LogP contribution >= 0.6 is 22.6 Å². The van der Waals surface area contributed by atoms with Crippen LogP contribution in [0, 0.1) is 28.3 Å². The Labute approximate surface area is 181 Å². The Bertz CT molecular complexity index is 1260. The Morgan fingerprint density at radius 3 is 2.79 bits per heavy atom. The maximum atomic E-state index is 13.3. The van der Waals surface area contributed by atoms with Gasteiger partial charge >= 0.3 is 0 Å². The summed E-state index contributed by atoms with van der Waals surface area (Å²) in [6.45, 7) is 3.92. The summed E-state index contributed by atoms with van der Waals surface area (Å²) >= 11 is 2.18. The number of benzene rings is 1. The van der Waals surface area contributed by atoms with Crippen molar-refractivity contribution in [3.8, 4) is 29.2 Å². The minimum Gasteiger partial charge on any atom is -0.437 e. The van der Waals surface area contributed by atoms with E-state index in [1.165, 1.54) is 12.3 Å². The van der Waals surface area contributed by atoms with Gasteiger partial charge in [0.2, 0.25) is 11.8 Å². The van der Waals surface area contributed by atoms with Crippen LogP contribution in [-0.2, 0) is 0 Å². The summed E-state index contributed by atoms with van der Waals surface area (Å²) in [6, 6.07) is 10.6. The second-order valence-corrected chi connectivity index (χ2v) is 7.41. The maximum absolute atomic E-state index is 13.3. The van der Waals surface area contributed by atoms with Gasteiger partial charge in [0.05, 0.1) is 32.2 Å². The van der Waals surface area contributed by atoms with Gasteiger partial charge in [0.15, 0.2) is 0 Å². The van der Waals surface area contributed by atoms with E-state index in [-0.39, 0.29) is 0 Å². The van der Waals surface area contributed by atoms with Gasteiger partial charge in [0.25, 0.3) is 0 Å². The molecule has 0 atom stereocenters. The van der Waals surface area contributed by atoms with E-state index >= 15 is 0 Å². The van der Waals surface area contributed by atoms with Crippen LogP contribution in [-0.4, -0.2) is 19.7 Å². The fourth-order valence-corrected chi connectivity index (χ4v) is 3.36.